The molecule has 2 aromatic rings. The first-order chi connectivity index (χ1) is 10.6. The number of aryl methyl sites for hydroxylation is 2. The Bertz CT molecular complexity index is 643. The Hall–Kier alpha value is -1.59. The van der Waals surface area contributed by atoms with Crippen molar-refractivity contribution in [2.75, 3.05) is 18.5 Å². The van der Waals surface area contributed by atoms with Gasteiger partial charge in [-0.2, -0.15) is 0 Å². The molecule has 3 rings (SSSR count). The van der Waals surface area contributed by atoms with Gasteiger partial charge in [-0.25, -0.2) is 9.97 Å². The van der Waals surface area contributed by atoms with Gasteiger partial charge in [-0.3, -0.25) is 0 Å². The van der Waals surface area contributed by atoms with Crippen LogP contribution in [-0.4, -0.2) is 27.7 Å². The molecule has 0 aliphatic carbocycles. The Morgan fingerprint density at radius 1 is 1.45 bits per heavy atom. The van der Waals surface area contributed by atoms with Crippen LogP contribution in [0.1, 0.15) is 30.3 Å². The van der Waals surface area contributed by atoms with E-state index in [0.717, 1.165) is 43.2 Å². The zero-order chi connectivity index (χ0) is 15.5. The summed E-state index contributed by atoms with van der Waals surface area (Å²) in [5.41, 5.74) is 1.05. The van der Waals surface area contributed by atoms with Crippen LogP contribution in [0.5, 0.6) is 0 Å². The van der Waals surface area contributed by atoms with Crippen LogP contribution < -0.4 is 5.32 Å². The van der Waals surface area contributed by atoms with Gasteiger partial charge in [-0.15, -0.1) is 0 Å². The van der Waals surface area contributed by atoms with Gasteiger partial charge in [-0.1, -0.05) is 11.6 Å². The number of halogens is 1. The average molecular weight is 321 g/mol. The van der Waals surface area contributed by atoms with Crippen LogP contribution in [0, 0.1) is 12.8 Å². The maximum absolute atomic E-state index is 5.99. The molecule has 2 aromatic heterocycles. The van der Waals surface area contributed by atoms with Crippen LogP contribution in [0.2, 0.25) is 5.02 Å². The van der Waals surface area contributed by atoms with E-state index >= 15 is 0 Å². The van der Waals surface area contributed by atoms with Crippen molar-refractivity contribution in [1.29, 1.82) is 0 Å². The molecule has 1 aliphatic heterocycles. The van der Waals surface area contributed by atoms with E-state index in [1.165, 1.54) is 0 Å². The lowest BCUT2D eigenvalue weighted by molar-refractivity contribution is -0.0305. The number of imidazole rings is 1. The zero-order valence-electron chi connectivity index (χ0n) is 12.9. The molecule has 6 heteroatoms. The second-order valence-electron chi connectivity index (χ2n) is 5.79. The van der Waals surface area contributed by atoms with E-state index in [-0.39, 0.29) is 6.10 Å². The summed E-state index contributed by atoms with van der Waals surface area (Å²) in [7, 11) is 2.01. The van der Waals surface area contributed by atoms with Crippen molar-refractivity contribution in [3.05, 3.63) is 41.1 Å². The van der Waals surface area contributed by atoms with Gasteiger partial charge in [0, 0.05) is 44.7 Å². The minimum absolute atomic E-state index is 0.0360. The number of ether oxygens (including phenoxy) is 1. The van der Waals surface area contributed by atoms with Crippen molar-refractivity contribution >= 4 is 17.4 Å². The first kappa shape index (κ1) is 15.3. The number of hydrogen-bond acceptors (Lipinski definition) is 4. The van der Waals surface area contributed by atoms with Gasteiger partial charge in [0.1, 0.15) is 17.7 Å². The third-order valence-electron chi connectivity index (χ3n) is 4.13. The lowest BCUT2D eigenvalue weighted by atomic mass is 9.93. The SMILES string of the molecule is Cc1cc(Cl)cnc1NC[C@@H]1CCCO[C@H]1c1nccn1C. The molecular formula is C16H21ClN4O. The number of hydrogen-bond donors (Lipinski definition) is 1. The molecule has 3 heterocycles. The highest BCUT2D eigenvalue weighted by atomic mass is 35.5. The monoisotopic (exact) mass is 320 g/mol. The number of anilines is 1. The van der Waals surface area contributed by atoms with E-state index < -0.39 is 0 Å². The van der Waals surface area contributed by atoms with Crippen molar-refractivity contribution < 1.29 is 4.74 Å². The van der Waals surface area contributed by atoms with Crippen LogP contribution in [-0.2, 0) is 11.8 Å². The highest BCUT2D eigenvalue weighted by Crippen LogP contribution is 2.32. The average Bonchev–Trinajstić information content (AvgIpc) is 2.93. The highest BCUT2D eigenvalue weighted by molar-refractivity contribution is 6.30. The van der Waals surface area contributed by atoms with E-state index in [1.54, 1.807) is 6.20 Å². The van der Waals surface area contributed by atoms with E-state index in [0.29, 0.717) is 10.9 Å². The van der Waals surface area contributed by atoms with Gasteiger partial charge in [0.05, 0.1) is 5.02 Å². The first-order valence-electron chi connectivity index (χ1n) is 7.60. The highest BCUT2D eigenvalue weighted by Gasteiger charge is 2.30. The quantitative estimate of drug-likeness (QED) is 0.938. The van der Waals surface area contributed by atoms with Crippen molar-refractivity contribution in [3.8, 4) is 0 Å². The molecule has 0 radical (unpaired) electrons. The molecule has 1 saturated heterocycles. The van der Waals surface area contributed by atoms with Gasteiger partial charge in [0.15, 0.2) is 0 Å². The second-order valence-corrected chi connectivity index (χ2v) is 6.23. The number of nitrogens with zero attached hydrogens (tertiary/aromatic N) is 3. The number of rotatable bonds is 4. The topological polar surface area (TPSA) is 52.0 Å². The van der Waals surface area contributed by atoms with Crippen LogP contribution in [0.4, 0.5) is 5.82 Å². The number of nitrogens with one attached hydrogen (secondary N) is 1. The smallest absolute Gasteiger partial charge is 0.138 e. The Morgan fingerprint density at radius 2 is 2.32 bits per heavy atom. The zero-order valence-corrected chi connectivity index (χ0v) is 13.7. The van der Waals surface area contributed by atoms with Gasteiger partial charge in [0.25, 0.3) is 0 Å². The molecule has 0 amide bonds. The van der Waals surface area contributed by atoms with Crippen molar-refractivity contribution in [2.45, 2.75) is 25.9 Å². The molecule has 22 heavy (non-hydrogen) atoms. The molecule has 0 spiro atoms. The summed E-state index contributed by atoms with van der Waals surface area (Å²) in [4.78, 5) is 8.81. The molecule has 1 fully saturated rings. The van der Waals surface area contributed by atoms with Crippen molar-refractivity contribution in [1.82, 2.24) is 14.5 Å². The van der Waals surface area contributed by atoms with Crippen LogP contribution in [0.15, 0.2) is 24.7 Å². The van der Waals surface area contributed by atoms with Crippen LogP contribution in [0.25, 0.3) is 0 Å². The lowest BCUT2D eigenvalue weighted by Gasteiger charge is -2.31. The fraction of sp³-hybridized carbons (Fsp3) is 0.500. The fourth-order valence-corrected chi connectivity index (χ4v) is 3.15. The lowest BCUT2D eigenvalue weighted by Crippen LogP contribution is -2.30. The molecule has 0 unspecified atom stereocenters. The Morgan fingerprint density at radius 3 is 3.05 bits per heavy atom. The summed E-state index contributed by atoms with van der Waals surface area (Å²) in [5.74, 6) is 2.26. The van der Waals surface area contributed by atoms with Gasteiger partial charge in [-0.05, 0) is 31.4 Å². The van der Waals surface area contributed by atoms with E-state index in [4.69, 9.17) is 16.3 Å². The summed E-state index contributed by atoms with van der Waals surface area (Å²) in [6.45, 7) is 3.62. The standard InChI is InChI=1S/C16H21ClN4O/c1-11-8-13(17)10-20-15(11)19-9-12-4-3-7-22-14(12)16-18-5-6-21(16)2/h5-6,8,10,12,14H,3-4,7,9H2,1-2H3,(H,19,20)/t12-,14+/m0/s1. The predicted molar refractivity (Wildman–Crippen MR) is 87.1 cm³/mol. The fourth-order valence-electron chi connectivity index (χ4n) is 2.94. The maximum atomic E-state index is 5.99. The van der Waals surface area contributed by atoms with Crippen molar-refractivity contribution in [2.24, 2.45) is 13.0 Å². The Balaban J connectivity index is 1.71. The third-order valence-corrected chi connectivity index (χ3v) is 4.34. The molecule has 0 aromatic carbocycles. The second kappa shape index (κ2) is 6.67. The van der Waals surface area contributed by atoms with Crippen LogP contribution >= 0.6 is 11.6 Å². The normalized spacial score (nSPS) is 21.8. The van der Waals surface area contributed by atoms with Crippen LogP contribution in [0.3, 0.4) is 0 Å². The van der Waals surface area contributed by atoms with E-state index in [2.05, 4.69) is 15.3 Å². The summed E-state index contributed by atoms with van der Waals surface area (Å²) in [5, 5.41) is 4.10. The Labute approximate surface area is 135 Å². The van der Waals surface area contributed by atoms with Gasteiger partial charge >= 0.3 is 0 Å². The first-order valence-corrected chi connectivity index (χ1v) is 7.98. The molecule has 1 aliphatic rings. The molecule has 0 saturated carbocycles. The summed E-state index contributed by atoms with van der Waals surface area (Å²) in [6.07, 6.45) is 7.70. The summed E-state index contributed by atoms with van der Waals surface area (Å²) in [6, 6.07) is 1.92. The molecule has 1 N–H and O–H groups in total. The molecule has 118 valence electrons. The summed E-state index contributed by atoms with van der Waals surface area (Å²) >= 11 is 5.95. The predicted octanol–water partition coefficient (Wildman–Crippen LogP) is 3.36. The number of pyridine rings is 1. The minimum Gasteiger partial charge on any atom is -0.370 e. The summed E-state index contributed by atoms with van der Waals surface area (Å²) < 4.78 is 8.03. The van der Waals surface area contributed by atoms with Gasteiger partial charge < -0.3 is 14.6 Å². The Kier molecular flexibility index (Phi) is 4.64. The van der Waals surface area contributed by atoms with E-state index in [1.807, 2.05) is 37.0 Å². The molecule has 5 nitrogen and oxygen atoms in total. The minimum atomic E-state index is 0.0360. The molecule has 0 bridgehead atoms. The maximum Gasteiger partial charge on any atom is 0.138 e. The molecular weight excluding hydrogens is 300 g/mol. The van der Waals surface area contributed by atoms with Crippen molar-refractivity contribution in [3.63, 3.8) is 0 Å². The number of aromatic nitrogens is 3. The molecule has 2 atom stereocenters. The largest absolute Gasteiger partial charge is 0.370 e. The third kappa shape index (κ3) is 3.25. The van der Waals surface area contributed by atoms with E-state index in [9.17, 15) is 0 Å². The van der Waals surface area contributed by atoms with Gasteiger partial charge in [0.2, 0.25) is 0 Å².